The van der Waals surface area contributed by atoms with E-state index in [0.29, 0.717) is 0 Å². The lowest BCUT2D eigenvalue weighted by atomic mass is 10.8. The second kappa shape index (κ2) is 1.82. The van der Waals surface area contributed by atoms with Gasteiger partial charge in [0.2, 0.25) is 0 Å². The van der Waals surface area contributed by atoms with Crippen molar-refractivity contribution in [3.05, 3.63) is 12.3 Å². The van der Waals surface area contributed by atoms with Crippen LogP contribution in [0.4, 0.5) is 0 Å². The summed E-state index contributed by atoms with van der Waals surface area (Å²) >= 11 is 0. The smallest absolute Gasteiger partial charge is 0.331 e. The topological polar surface area (TPSA) is 80.4 Å². The fourth-order valence-electron chi connectivity index (χ4n) is 0.337. The first-order valence-electron chi connectivity index (χ1n) is 1.99. The van der Waals surface area contributed by atoms with Gasteiger partial charge in [-0.25, -0.2) is 0 Å². The molecule has 9 heavy (non-hydrogen) atoms. The minimum absolute atomic E-state index is 0.539. The fourth-order valence-corrected chi connectivity index (χ4v) is 0.707. The zero-order chi connectivity index (χ0) is 6.91. The number of nitrogens with zero attached hydrogens (tertiary/aromatic N) is 1. The molecule has 6 heteroatoms. The molecule has 0 aliphatic rings. The van der Waals surface area contributed by atoms with E-state index in [1.54, 1.807) is 0 Å². The Labute approximate surface area is 51.0 Å². The van der Waals surface area contributed by atoms with Crippen LogP contribution in [0.3, 0.4) is 0 Å². The van der Waals surface area contributed by atoms with Crippen LogP contribution >= 0.6 is 0 Å². The van der Waals surface area contributed by atoms with Crippen LogP contribution in [0, 0.1) is 0 Å². The molecule has 0 atom stereocenters. The van der Waals surface area contributed by atoms with E-state index >= 15 is 0 Å². The summed E-state index contributed by atoms with van der Waals surface area (Å²) in [5, 5.41) is 2.54. The fraction of sp³-hybridized carbons (Fsp3) is 0. The molecule has 0 saturated heterocycles. The van der Waals surface area contributed by atoms with Crippen LogP contribution < -0.4 is 0 Å². The Balaban J connectivity index is 3.20. The number of hydrogen-bond donors (Lipinski definition) is 1. The average Bonchev–Trinajstić information content (AvgIpc) is 2.08. The predicted octanol–water partition coefficient (Wildman–Crippen LogP) is -0.0787. The van der Waals surface area contributed by atoms with Crippen molar-refractivity contribution in [1.29, 1.82) is 0 Å². The summed E-state index contributed by atoms with van der Waals surface area (Å²) in [5.74, 6) is 0. The molecule has 0 aliphatic carbocycles. The molecule has 0 aromatic carbocycles. The van der Waals surface area contributed by atoms with E-state index < -0.39 is 15.2 Å². The van der Waals surface area contributed by atoms with Crippen molar-refractivity contribution in [2.45, 2.75) is 5.09 Å². The summed E-state index contributed by atoms with van der Waals surface area (Å²) in [6, 6.07) is 1.05. The van der Waals surface area contributed by atoms with Crippen molar-refractivity contribution < 1.29 is 17.5 Å². The maximum Gasteiger partial charge on any atom is 0.331 e. The quantitative estimate of drug-likeness (QED) is 0.565. The molecule has 0 spiro atoms. The summed E-state index contributed by atoms with van der Waals surface area (Å²) in [5.41, 5.74) is 0. The van der Waals surface area contributed by atoms with Gasteiger partial charge in [-0.1, -0.05) is 5.16 Å². The number of aromatic nitrogens is 1. The van der Waals surface area contributed by atoms with Crippen LogP contribution in [0.2, 0.25) is 0 Å². The minimum atomic E-state index is -4.19. The molecular weight excluding hydrogens is 146 g/mol. The zero-order valence-electron chi connectivity index (χ0n) is 4.18. The Kier molecular flexibility index (Phi) is 1.26. The van der Waals surface area contributed by atoms with Gasteiger partial charge >= 0.3 is 10.1 Å². The van der Waals surface area contributed by atoms with Gasteiger partial charge in [0.1, 0.15) is 0 Å². The van der Waals surface area contributed by atoms with E-state index in [4.69, 9.17) is 4.55 Å². The largest absolute Gasteiger partial charge is 0.342 e. The highest BCUT2D eigenvalue weighted by Gasteiger charge is 2.12. The third kappa shape index (κ3) is 1.27. The normalized spacial score (nSPS) is 11.7. The SMILES string of the molecule is O=S(=O)(O)c1ccno1. The van der Waals surface area contributed by atoms with Crippen molar-refractivity contribution >= 4 is 10.1 Å². The van der Waals surface area contributed by atoms with Gasteiger partial charge in [0.25, 0.3) is 5.09 Å². The van der Waals surface area contributed by atoms with Crippen molar-refractivity contribution in [3.8, 4) is 0 Å². The Hall–Kier alpha value is -0.880. The third-order valence-electron chi connectivity index (χ3n) is 0.668. The lowest BCUT2D eigenvalue weighted by molar-refractivity contribution is 0.324. The van der Waals surface area contributed by atoms with Crippen LogP contribution in [-0.2, 0) is 10.1 Å². The molecule has 0 aliphatic heterocycles. The monoisotopic (exact) mass is 149 g/mol. The molecule has 0 bridgehead atoms. The highest BCUT2D eigenvalue weighted by atomic mass is 32.2. The molecule has 1 aromatic heterocycles. The Morgan fingerprint density at radius 3 is 2.56 bits per heavy atom. The highest BCUT2D eigenvalue weighted by molar-refractivity contribution is 7.85. The first-order valence-corrected chi connectivity index (χ1v) is 3.43. The molecule has 50 valence electrons. The van der Waals surface area contributed by atoms with Gasteiger partial charge in [0.15, 0.2) is 0 Å². The van der Waals surface area contributed by atoms with Gasteiger partial charge in [0.05, 0.1) is 6.20 Å². The van der Waals surface area contributed by atoms with Crippen molar-refractivity contribution in [3.63, 3.8) is 0 Å². The third-order valence-corrected chi connectivity index (χ3v) is 1.39. The Bertz CT molecular complexity index is 273. The van der Waals surface area contributed by atoms with Gasteiger partial charge in [-0.05, 0) is 0 Å². The molecule has 5 nitrogen and oxygen atoms in total. The average molecular weight is 149 g/mol. The molecule has 0 saturated carbocycles. The van der Waals surface area contributed by atoms with E-state index in [1.807, 2.05) is 0 Å². The van der Waals surface area contributed by atoms with E-state index in [1.165, 1.54) is 0 Å². The predicted molar refractivity (Wildman–Crippen MR) is 26.3 cm³/mol. The number of rotatable bonds is 1. The molecule has 0 amide bonds. The van der Waals surface area contributed by atoms with Gasteiger partial charge in [-0.15, -0.1) is 0 Å². The molecule has 0 fully saturated rings. The Morgan fingerprint density at radius 1 is 1.67 bits per heavy atom. The van der Waals surface area contributed by atoms with E-state index in [9.17, 15) is 8.42 Å². The summed E-state index contributed by atoms with van der Waals surface area (Å²) in [4.78, 5) is 0. The molecule has 1 aromatic rings. The maximum atomic E-state index is 10.1. The molecule has 0 radical (unpaired) electrons. The molecular formula is C3H3NO4S. The van der Waals surface area contributed by atoms with Crippen LogP contribution in [-0.4, -0.2) is 18.1 Å². The van der Waals surface area contributed by atoms with Crippen molar-refractivity contribution in [2.75, 3.05) is 0 Å². The van der Waals surface area contributed by atoms with Crippen molar-refractivity contribution in [2.24, 2.45) is 0 Å². The van der Waals surface area contributed by atoms with E-state index in [-0.39, 0.29) is 0 Å². The maximum absolute atomic E-state index is 10.1. The van der Waals surface area contributed by atoms with Crippen molar-refractivity contribution in [1.82, 2.24) is 5.16 Å². The van der Waals surface area contributed by atoms with Crippen LogP contribution in [0.25, 0.3) is 0 Å². The standard InChI is InChI=1S/C3H3NO4S/c5-9(6,7)3-1-2-4-8-3/h1-2H,(H,5,6,7). The lowest BCUT2D eigenvalue weighted by Gasteiger charge is -1.82. The van der Waals surface area contributed by atoms with Gasteiger partial charge < -0.3 is 4.52 Å². The first-order chi connectivity index (χ1) is 4.11. The summed E-state index contributed by atoms with van der Waals surface area (Å²) in [7, 11) is -4.19. The van der Waals surface area contributed by atoms with Gasteiger partial charge in [0, 0.05) is 6.07 Å². The second-order valence-electron chi connectivity index (χ2n) is 1.31. The van der Waals surface area contributed by atoms with E-state index in [2.05, 4.69) is 9.68 Å². The summed E-state index contributed by atoms with van der Waals surface area (Å²) in [6.45, 7) is 0. The molecule has 1 N–H and O–H groups in total. The highest BCUT2D eigenvalue weighted by Crippen LogP contribution is 2.03. The summed E-state index contributed by atoms with van der Waals surface area (Å²) in [6.07, 6.45) is 1.13. The van der Waals surface area contributed by atoms with Gasteiger partial charge in [-0.3, -0.25) is 4.55 Å². The van der Waals surface area contributed by atoms with Gasteiger partial charge in [-0.2, -0.15) is 8.42 Å². The molecule has 1 heterocycles. The second-order valence-corrected chi connectivity index (χ2v) is 2.66. The minimum Gasteiger partial charge on any atom is -0.342 e. The molecule has 1 rings (SSSR count). The zero-order valence-corrected chi connectivity index (χ0v) is 5.00. The molecule has 0 unspecified atom stereocenters. The van der Waals surface area contributed by atoms with E-state index in [0.717, 1.165) is 12.3 Å². The summed E-state index contributed by atoms with van der Waals surface area (Å²) < 4.78 is 32.6. The van der Waals surface area contributed by atoms with Crippen LogP contribution in [0.15, 0.2) is 21.9 Å². The lowest BCUT2D eigenvalue weighted by Crippen LogP contribution is -1.94. The number of hydrogen-bond acceptors (Lipinski definition) is 4. The van der Waals surface area contributed by atoms with Crippen LogP contribution in [0.5, 0.6) is 0 Å². The Morgan fingerprint density at radius 2 is 2.33 bits per heavy atom. The first kappa shape index (κ1) is 6.24. The van der Waals surface area contributed by atoms with Crippen LogP contribution in [0.1, 0.15) is 0 Å².